The van der Waals surface area contributed by atoms with Crippen LogP contribution in [-0.4, -0.2) is 16.0 Å². The highest BCUT2D eigenvalue weighted by atomic mass is 127. The highest BCUT2D eigenvalue weighted by Gasteiger charge is 2.11. The molecule has 0 aliphatic rings. The predicted octanol–water partition coefficient (Wildman–Crippen LogP) is 3.73. The first kappa shape index (κ1) is 16.6. The number of nitrogens with one attached hydrogen (secondary N) is 2. The van der Waals surface area contributed by atoms with Crippen LogP contribution < -0.4 is 10.6 Å². The number of hydrogen-bond acceptors (Lipinski definition) is 3. The number of rotatable bonds is 2. The molecule has 1 heterocycles. The van der Waals surface area contributed by atoms with Crippen molar-refractivity contribution in [1.82, 2.24) is 10.3 Å². The number of carbonyl (C=O) groups is 1. The van der Waals surface area contributed by atoms with E-state index in [4.69, 9.17) is 12.2 Å². The summed E-state index contributed by atoms with van der Waals surface area (Å²) < 4.78 is 1.95. The normalized spacial score (nSPS) is 10.0. The molecule has 2 N–H and O–H groups in total. The first-order valence-electron chi connectivity index (χ1n) is 5.97. The lowest BCUT2D eigenvalue weighted by molar-refractivity contribution is 0.0977. The Bertz CT molecular complexity index is 706. The van der Waals surface area contributed by atoms with Crippen molar-refractivity contribution in [3.63, 3.8) is 0 Å². The van der Waals surface area contributed by atoms with Gasteiger partial charge in [0, 0.05) is 7.14 Å². The third-order valence-corrected chi connectivity index (χ3v) is 4.89. The van der Waals surface area contributed by atoms with Gasteiger partial charge in [0.15, 0.2) is 5.11 Å². The van der Waals surface area contributed by atoms with Crippen LogP contribution in [0.3, 0.4) is 0 Å². The SMILES string of the molecule is Cc1nc(NC(=S)NC(=O)c2ccccc2I)ccc1I. The number of amides is 1. The van der Waals surface area contributed by atoms with Gasteiger partial charge in [-0.05, 0) is 88.6 Å². The molecular formula is C14H11I2N3OS. The fourth-order valence-corrected chi connectivity index (χ4v) is 2.71. The lowest BCUT2D eigenvalue weighted by Gasteiger charge is -2.10. The molecule has 0 aliphatic carbocycles. The fourth-order valence-electron chi connectivity index (χ4n) is 1.58. The summed E-state index contributed by atoms with van der Waals surface area (Å²) in [5.74, 6) is 0.376. The maximum absolute atomic E-state index is 12.1. The van der Waals surface area contributed by atoms with Crippen molar-refractivity contribution < 1.29 is 4.79 Å². The molecule has 0 radical (unpaired) electrons. The number of aromatic nitrogens is 1. The first-order valence-corrected chi connectivity index (χ1v) is 8.54. The second kappa shape index (κ2) is 7.45. The molecule has 7 heteroatoms. The van der Waals surface area contributed by atoms with Gasteiger partial charge in [-0.25, -0.2) is 4.98 Å². The van der Waals surface area contributed by atoms with Gasteiger partial charge in [0.2, 0.25) is 0 Å². The Morgan fingerprint density at radius 3 is 2.52 bits per heavy atom. The van der Waals surface area contributed by atoms with E-state index in [2.05, 4.69) is 60.8 Å². The number of benzene rings is 1. The van der Waals surface area contributed by atoms with Crippen LogP contribution in [-0.2, 0) is 0 Å². The van der Waals surface area contributed by atoms with E-state index in [9.17, 15) is 4.79 Å². The Balaban J connectivity index is 2.03. The summed E-state index contributed by atoms with van der Waals surface area (Å²) in [7, 11) is 0. The standard InChI is InChI=1S/C14H11I2N3OS/c1-8-10(15)6-7-12(17-8)18-14(21)19-13(20)9-4-2-3-5-11(9)16/h2-7H,1H3,(H2,17,18,19,20,21). The second-order valence-corrected chi connectivity index (χ2v) is 6.88. The quantitative estimate of drug-likeness (QED) is 0.466. The second-order valence-electron chi connectivity index (χ2n) is 4.15. The van der Waals surface area contributed by atoms with Gasteiger partial charge in [0.25, 0.3) is 5.91 Å². The van der Waals surface area contributed by atoms with Crippen molar-refractivity contribution in [3.05, 3.63) is 54.8 Å². The molecule has 1 aromatic carbocycles. The van der Waals surface area contributed by atoms with Crippen LogP contribution in [0, 0.1) is 14.1 Å². The van der Waals surface area contributed by atoms with Gasteiger partial charge in [-0.15, -0.1) is 0 Å². The zero-order valence-corrected chi connectivity index (χ0v) is 16.1. The molecule has 1 aromatic heterocycles. The first-order chi connectivity index (χ1) is 9.97. The number of nitrogens with zero attached hydrogens (tertiary/aromatic N) is 1. The van der Waals surface area contributed by atoms with E-state index in [1.54, 1.807) is 6.07 Å². The Morgan fingerprint density at radius 1 is 1.14 bits per heavy atom. The van der Waals surface area contributed by atoms with Gasteiger partial charge in [-0.3, -0.25) is 10.1 Å². The van der Waals surface area contributed by atoms with Gasteiger partial charge in [0.05, 0.1) is 11.3 Å². The van der Waals surface area contributed by atoms with E-state index in [0.717, 1.165) is 12.8 Å². The summed E-state index contributed by atoms with van der Waals surface area (Å²) in [5.41, 5.74) is 1.50. The Hall–Kier alpha value is -0.810. The molecule has 2 rings (SSSR count). The number of carbonyl (C=O) groups excluding carboxylic acids is 1. The van der Waals surface area contributed by atoms with Crippen LogP contribution in [0.4, 0.5) is 5.82 Å². The van der Waals surface area contributed by atoms with Gasteiger partial charge in [0.1, 0.15) is 5.82 Å². The molecule has 4 nitrogen and oxygen atoms in total. The summed E-state index contributed by atoms with van der Waals surface area (Å²) in [6.45, 7) is 1.92. The average Bonchev–Trinajstić information content (AvgIpc) is 2.43. The maximum Gasteiger partial charge on any atom is 0.258 e. The van der Waals surface area contributed by atoms with Gasteiger partial charge < -0.3 is 5.32 Å². The van der Waals surface area contributed by atoms with Crippen LogP contribution in [0.15, 0.2) is 36.4 Å². The highest BCUT2D eigenvalue weighted by Crippen LogP contribution is 2.13. The molecule has 0 saturated carbocycles. The molecule has 2 aromatic rings. The Labute approximate surface area is 155 Å². The molecule has 0 aliphatic heterocycles. The molecule has 0 fully saturated rings. The number of hydrogen-bond donors (Lipinski definition) is 2. The van der Waals surface area contributed by atoms with E-state index in [0.29, 0.717) is 11.4 Å². The minimum Gasteiger partial charge on any atom is -0.317 e. The van der Waals surface area contributed by atoms with Gasteiger partial charge in [-0.1, -0.05) is 12.1 Å². The molecular weight excluding hydrogens is 512 g/mol. The maximum atomic E-state index is 12.1. The summed E-state index contributed by atoms with van der Waals surface area (Å²) in [6, 6.07) is 11.1. The summed E-state index contributed by atoms with van der Waals surface area (Å²) >= 11 is 9.47. The lowest BCUT2D eigenvalue weighted by Crippen LogP contribution is -2.34. The molecule has 0 bridgehead atoms. The summed E-state index contributed by atoms with van der Waals surface area (Å²) in [5, 5.41) is 5.80. The van der Waals surface area contributed by atoms with E-state index in [1.807, 2.05) is 37.3 Å². The molecule has 0 saturated heterocycles. The van der Waals surface area contributed by atoms with E-state index in [-0.39, 0.29) is 11.0 Å². The van der Waals surface area contributed by atoms with Crippen molar-refractivity contribution in [2.75, 3.05) is 5.32 Å². The predicted molar refractivity (Wildman–Crippen MR) is 105 cm³/mol. The molecule has 0 spiro atoms. The van der Waals surface area contributed by atoms with Crippen molar-refractivity contribution >= 4 is 74.2 Å². The third-order valence-electron chi connectivity index (χ3n) is 2.61. The van der Waals surface area contributed by atoms with Gasteiger partial charge >= 0.3 is 0 Å². The van der Waals surface area contributed by atoms with Crippen LogP contribution in [0.1, 0.15) is 16.1 Å². The van der Waals surface area contributed by atoms with Crippen molar-refractivity contribution in [2.45, 2.75) is 6.92 Å². The van der Waals surface area contributed by atoms with E-state index < -0.39 is 0 Å². The van der Waals surface area contributed by atoms with E-state index in [1.165, 1.54) is 0 Å². The Kier molecular flexibility index (Phi) is 5.88. The van der Waals surface area contributed by atoms with Crippen LogP contribution in [0.5, 0.6) is 0 Å². The largest absolute Gasteiger partial charge is 0.317 e. The minimum atomic E-state index is -0.236. The molecule has 0 atom stereocenters. The third kappa shape index (κ3) is 4.58. The number of pyridine rings is 1. The van der Waals surface area contributed by atoms with Crippen molar-refractivity contribution in [1.29, 1.82) is 0 Å². The number of anilines is 1. The molecule has 0 unspecified atom stereocenters. The Morgan fingerprint density at radius 2 is 1.86 bits per heavy atom. The zero-order chi connectivity index (χ0) is 15.4. The number of aryl methyl sites for hydroxylation is 1. The van der Waals surface area contributed by atoms with Crippen molar-refractivity contribution in [3.8, 4) is 0 Å². The summed E-state index contributed by atoms with van der Waals surface area (Å²) in [4.78, 5) is 16.5. The lowest BCUT2D eigenvalue weighted by atomic mass is 10.2. The fraction of sp³-hybridized carbons (Fsp3) is 0.0714. The monoisotopic (exact) mass is 523 g/mol. The molecule has 21 heavy (non-hydrogen) atoms. The topological polar surface area (TPSA) is 54.0 Å². The number of halogens is 2. The highest BCUT2D eigenvalue weighted by molar-refractivity contribution is 14.1. The number of thiocarbonyl (C=S) groups is 1. The minimum absolute atomic E-state index is 0.229. The molecule has 108 valence electrons. The van der Waals surface area contributed by atoms with Gasteiger partial charge in [-0.2, -0.15) is 0 Å². The van der Waals surface area contributed by atoms with Crippen molar-refractivity contribution in [2.24, 2.45) is 0 Å². The average molecular weight is 523 g/mol. The van der Waals surface area contributed by atoms with Crippen LogP contribution in [0.2, 0.25) is 0 Å². The summed E-state index contributed by atoms with van der Waals surface area (Å²) in [6.07, 6.45) is 0. The smallest absolute Gasteiger partial charge is 0.258 e. The van der Waals surface area contributed by atoms with E-state index >= 15 is 0 Å². The van der Waals surface area contributed by atoms with Crippen LogP contribution >= 0.6 is 57.4 Å². The van der Waals surface area contributed by atoms with Crippen LogP contribution in [0.25, 0.3) is 0 Å². The zero-order valence-electron chi connectivity index (χ0n) is 11.0. The molecule has 1 amide bonds.